The molecule has 2 heteroatoms. The maximum atomic E-state index is 5.20. The Bertz CT molecular complexity index is 269. The third kappa shape index (κ3) is 5.74. The van der Waals surface area contributed by atoms with Crippen LogP contribution in [0.3, 0.4) is 0 Å². The number of pyridine rings is 1. The molecule has 0 aromatic carbocycles. The number of hydrogen-bond donors (Lipinski definition) is 0. The molecule has 0 amide bonds. The lowest BCUT2D eigenvalue weighted by Gasteiger charge is -2.11. The van der Waals surface area contributed by atoms with Gasteiger partial charge in [-0.3, -0.25) is 4.98 Å². The van der Waals surface area contributed by atoms with Crippen molar-refractivity contribution in [1.29, 1.82) is 0 Å². The Hall–Kier alpha value is -1.05. The summed E-state index contributed by atoms with van der Waals surface area (Å²) in [5.41, 5.74) is 2.27. The molecule has 0 atom stereocenters. The van der Waals surface area contributed by atoms with Crippen molar-refractivity contribution in [1.82, 2.24) is 4.98 Å². The molecule has 0 saturated heterocycles. The van der Waals surface area contributed by atoms with E-state index in [-0.39, 0.29) is 0 Å². The van der Waals surface area contributed by atoms with Gasteiger partial charge in [0, 0.05) is 11.3 Å². The SMILES string of the molecule is CC.CC.COc1cnc(C)cc1C(C)C. The van der Waals surface area contributed by atoms with Crippen LogP contribution in [0.2, 0.25) is 0 Å². The van der Waals surface area contributed by atoms with Gasteiger partial charge in [0.15, 0.2) is 0 Å². The highest BCUT2D eigenvalue weighted by atomic mass is 16.5. The molecule has 16 heavy (non-hydrogen) atoms. The molecule has 1 aromatic heterocycles. The summed E-state index contributed by atoms with van der Waals surface area (Å²) in [7, 11) is 1.68. The Morgan fingerprint density at radius 2 is 1.62 bits per heavy atom. The lowest BCUT2D eigenvalue weighted by atomic mass is 10.0. The maximum absolute atomic E-state index is 5.20. The van der Waals surface area contributed by atoms with E-state index in [1.807, 2.05) is 34.6 Å². The lowest BCUT2D eigenvalue weighted by molar-refractivity contribution is 0.405. The first kappa shape index (κ1) is 17.3. The predicted molar refractivity (Wildman–Crippen MR) is 72.3 cm³/mol. The third-order valence-electron chi connectivity index (χ3n) is 1.88. The van der Waals surface area contributed by atoms with Gasteiger partial charge in [-0.1, -0.05) is 41.5 Å². The second-order valence-corrected chi connectivity index (χ2v) is 3.22. The smallest absolute Gasteiger partial charge is 0.140 e. The van der Waals surface area contributed by atoms with Crippen molar-refractivity contribution >= 4 is 0 Å². The highest BCUT2D eigenvalue weighted by Crippen LogP contribution is 2.25. The second kappa shape index (κ2) is 10.5. The fourth-order valence-corrected chi connectivity index (χ4v) is 1.19. The Kier molecular flexibility index (Phi) is 11.3. The standard InChI is InChI=1S/C10H15NO.2C2H6/c1-7(2)9-5-8(3)11-6-10(9)12-4;2*1-2/h5-7H,1-4H3;2*1-2H3. The van der Waals surface area contributed by atoms with Crippen LogP contribution in [-0.2, 0) is 0 Å². The minimum Gasteiger partial charge on any atom is -0.495 e. The van der Waals surface area contributed by atoms with Gasteiger partial charge in [0.05, 0.1) is 13.3 Å². The van der Waals surface area contributed by atoms with Crippen molar-refractivity contribution in [2.75, 3.05) is 7.11 Å². The van der Waals surface area contributed by atoms with Gasteiger partial charge in [-0.15, -0.1) is 0 Å². The maximum Gasteiger partial charge on any atom is 0.140 e. The molecular formula is C14H27NO. The number of aromatic nitrogens is 1. The Morgan fingerprint density at radius 1 is 1.12 bits per heavy atom. The number of hydrogen-bond acceptors (Lipinski definition) is 2. The van der Waals surface area contributed by atoms with Crippen molar-refractivity contribution in [2.45, 2.75) is 54.4 Å². The zero-order valence-corrected chi connectivity index (χ0v) is 12.1. The summed E-state index contributed by atoms with van der Waals surface area (Å²) < 4.78 is 5.20. The van der Waals surface area contributed by atoms with Gasteiger partial charge in [0.25, 0.3) is 0 Å². The molecule has 0 aliphatic rings. The largest absolute Gasteiger partial charge is 0.495 e. The first-order valence-corrected chi connectivity index (χ1v) is 6.15. The van der Waals surface area contributed by atoms with E-state index in [2.05, 4.69) is 24.9 Å². The van der Waals surface area contributed by atoms with Crippen LogP contribution in [-0.4, -0.2) is 12.1 Å². The van der Waals surface area contributed by atoms with E-state index in [0.29, 0.717) is 5.92 Å². The van der Waals surface area contributed by atoms with Gasteiger partial charge < -0.3 is 4.74 Å². The molecule has 0 bridgehead atoms. The van der Waals surface area contributed by atoms with Crippen LogP contribution in [0, 0.1) is 6.92 Å². The summed E-state index contributed by atoms with van der Waals surface area (Å²) in [4.78, 5) is 4.17. The Labute approximate surface area is 101 Å². The average molecular weight is 225 g/mol. The minimum atomic E-state index is 0.488. The Balaban J connectivity index is 0. The molecular weight excluding hydrogens is 198 g/mol. The quantitative estimate of drug-likeness (QED) is 0.735. The summed E-state index contributed by atoms with van der Waals surface area (Å²) in [6.07, 6.45) is 1.78. The molecule has 0 aliphatic carbocycles. The zero-order valence-electron chi connectivity index (χ0n) is 12.1. The van der Waals surface area contributed by atoms with E-state index >= 15 is 0 Å². The van der Waals surface area contributed by atoms with E-state index in [0.717, 1.165) is 11.4 Å². The monoisotopic (exact) mass is 225 g/mol. The average Bonchev–Trinajstić information content (AvgIpc) is 2.34. The molecule has 1 aromatic rings. The molecule has 0 fully saturated rings. The number of aryl methyl sites for hydroxylation is 1. The van der Waals surface area contributed by atoms with Gasteiger partial charge in [-0.25, -0.2) is 0 Å². The van der Waals surface area contributed by atoms with E-state index in [4.69, 9.17) is 4.74 Å². The minimum absolute atomic E-state index is 0.488. The van der Waals surface area contributed by atoms with Crippen LogP contribution in [0.4, 0.5) is 0 Å². The van der Waals surface area contributed by atoms with Crippen molar-refractivity contribution < 1.29 is 4.74 Å². The van der Waals surface area contributed by atoms with Crippen LogP contribution in [0.25, 0.3) is 0 Å². The predicted octanol–water partition coefficient (Wildman–Crippen LogP) is 4.57. The van der Waals surface area contributed by atoms with Gasteiger partial charge in [0.1, 0.15) is 5.75 Å². The van der Waals surface area contributed by atoms with Gasteiger partial charge >= 0.3 is 0 Å². The zero-order chi connectivity index (χ0) is 13.1. The molecule has 0 saturated carbocycles. The van der Waals surface area contributed by atoms with Crippen LogP contribution >= 0.6 is 0 Å². The van der Waals surface area contributed by atoms with Crippen molar-refractivity contribution in [3.63, 3.8) is 0 Å². The fraction of sp³-hybridized carbons (Fsp3) is 0.643. The normalized spacial score (nSPS) is 8.56. The summed E-state index contributed by atoms with van der Waals surface area (Å²) >= 11 is 0. The fourth-order valence-electron chi connectivity index (χ4n) is 1.19. The van der Waals surface area contributed by atoms with Crippen LogP contribution in [0.5, 0.6) is 5.75 Å². The lowest BCUT2D eigenvalue weighted by Crippen LogP contribution is -1.96. The molecule has 0 unspecified atom stereocenters. The number of ether oxygens (including phenoxy) is 1. The van der Waals surface area contributed by atoms with E-state index < -0.39 is 0 Å². The van der Waals surface area contributed by atoms with Crippen LogP contribution in [0.1, 0.15) is 58.7 Å². The molecule has 1 heterocycles. The number of methoxy groups -OCH3 is 1. The first-order chi connectivity index (χ1) is 7.65. The van der Waals surface area contributed by atoms with Crippen molar-refractivity contribution in [2.24, 2.45) is 0 Å². The van der Waals surface area contributed by atoms with Crippen molar-refractivity contribution in [3.05, 3.63) is 23.5 Å². The summed E-state index contributed by atoms with van der Waals surface area (Å²) in [6.45, 7) is 14.3. The van der Waals surface area contributed by atoms with E-state index in [1.54, 1.807) is 13.3 Å². The van der Waals surface area contributed by atoms with Crippen molar-refractivity contribution in [3.8, 4) is 5.75 Å². The Morgan fingerprint density at radius 3 is 2.00 bits per heavy atom. The highest BCUT2D eigenvalue weighted by molar-refractivity contribution is 5.34. The topological polar surface area (TPSA) is 22.1 Å². The second-order valence-electron chi connectivity index (χ2n) is 3.22. The van der Waals surface area contributed by atoms with Gasteiger partial charge in [-0.2, -0.15) is 0 Å². The van der Waals surface area contributed by atoms with Crippen LogP contribution < -0.4 is 4.74 Å². The molecule has 0 spiro atoms. The summed E-state index contributed by atoms with van der Waals surface area (Å²) in [5.74, 6) is 1.37. The molecule has 1 rings (SSSR count). The first-order valence-electron chi connectivity index (χ1n) is 6.15. The number of nitrogens with zero attached hydrogens (tertiary/aromatic N) is 1. The third-order valence-corrected chi connectivity index (χ3v) is 1.88. The summed E-state index contributed by atoms with van der Waals surface area (Å²) in [5, 5.41) is 0. The van der Waals surface area contributed by atoms with E-state index in [9.17, 15) is 0 Å². The molecule has 0 aliphatic heterocycles. The highest BCUT2D eigenvalue weighted by Gasteiger charge is 2.06. The molecule has 2 nitrogen and oxygen atoms in total. The van der Waals surface area contributed by atoms with Crippen LogP contribution in [0.15, 0.2) is 12.3 Å². The molecule has 94 valence electrons. The summed E-state index contributed by atoms with van der Waals surface area (Å²) in [6, 6.07) is 2.07. The molecule has 0 radical (unpaired) electrons. The van der Waals surface area contributed by atoms with Gasteiger partial charge in [-0.05, 0) is 18.9 Å². The number of rotatable bonds is 2. The van der Waals surface area contributed by atoms with Gasteiger partial charge in [0.2, 0.25) is 0 Å². The molecule has 0 N–H and O–H groups in total. The van der Waals surface area contributed by atoms with E-state index in [1.165, 1.54) is 5.56 Å².